The highest BCUT2D eigenvalue weighted by molar-refractivity contribution is 5.70. The predicted molar refractivity (Wildman–Crippen MR) is 74.3 cm³/mol. The van der Waals surface area contributed by atoms with Crippen molar-refractivity contribution in [2.24, 2.45) is 0 Å². The smallest absolute Gasteiger partial charge is 0.243 e. The lowest BCUT2D eigenvalue weighted by atomic mass is 9.96. The van der Waals surface area contributed by atoms with E-state index in [0.29, 0.717) is 0 Å². The van der Waals surface area contributed by atoms with Gasteiger partial charge in [-0.05, 0) is 0 Å². The standard InChI is InChI=1S/C13H13F2N5O3/c14-3-1-2-13(15)9(22)8(5-21)23-11(13)20-6-18-7-4-17-12(16)19-10(7)20/h4,6,8-9,11,21-22H,3,5H2,(H2,16,17,19)/t8-,9+,11-,13?/m1/s1/i5D2. The van der Waals surface area contributed by atoms with Crippen LogP contribution in [0.2, 0.25) is 0 Å². The van der Waals surface area contributed by atoms with Crippen molar-refractivity contribution in [2.45, 2.75) is 24.1 Å². The zero-order chi connectivity index (χ0) is 18.4. The van der Waals surface area contributed by atoms with Crippen LogP contribution in [0.3, 0.4) is 0 Å². The fraction of sp³-hybridized carbons (Fsp3) is 0.462. The summed E-state index contributed by atoms with van der Waals surface area (Å²) in [7, 11) is 0. The second kappa shape index (κ2) is 5.69. The molecule has 3 heterocycles. The Bertz CT molecular complexity index is 865. The molecular formula is C13H13F2N5O3. The highest BCUT2D eigenvalue weighted by Crippen LogP contribution is 2.42. The molecule has 8 nitrogen and oxygen atoms in total. The number of anilines is 1. The number of nitrogens with zero attached hydrogens (tertiary/aromatic N) is 4. The van der Waals surface area contributed by atoms with E-state index in [1.807, 2.05) is 11.8 Å². The van der Waals surface area contributed by atoms with Crippen LogP contribution in [0.1, 0.15) is 8.97 Å². The summed E-state index contributed by atoms with van der Waals surface area (Å²) in [5, 5.41) is 19.7. The third-order valence-corrected chi connectivity index (χ3v) is 3.41. The molecule has 0 aromatic carbocycles. The van der Waals surface area contributed by atoms with Gasteiger partial charge < -0.3 is 20.7 Å². The van der Waals surface area contributed by atoms with Crippen LogP contribution in [0.4, 0.5) is 14.7 Å². The third kappa shape index (κ3) is 2.39. The van der Waals surface area contributed by atoms with E-state index in [9.17, 15) is 14.6 Å². The summed E-state index contributed by atoms with van der Waals surface area (Å²) in [6.45, 7) is -4.27. The van der Waals surface area contributed by atoms with Crippen LogP contribution in [-0.4, -0.2) is 60.8 Å². The van der Waals surface area contributed by atoms with E-state index in [0.717, 1.165) is 10.9 Å². The summed E-state index contributed by atoms with van der Waals surface area (Å²) in [6.07, 6.45) is -3.55. The summed E-state index contributed by atoms with van der Waals surface area (Å²) < 4.78 is 48.6. The first-order valence-corrected chi connectivity index (χ1v) is 6.44. The predicted octanol–water partition coefficient (Wildman–Crippen LogP) is -0.660. The van der Waals surface area contributed by atoms with Crippen LogP contribution in [0.25, 0.3) is 11.2 Å². The summed E-state index contributed by atoms with van der Waals surface area (Å²) in [5.74, 6) is 3.63. The molecule has 2 aromatic rings. The summed E-state index contributed by atoms with van der Waals surface area (Å²) in [5.41, 5.74) is 2.83. The molecule has 4 N–H and O–H groups in total. The first kappa shape index (κ1) is 13.1. The molecule has 0 bridgehead atoms. The Kier molecular flexibility index (Phi) is 3.25. The molecule has 0 amide bonds. The van der Waals surface area contributed by atoms with Crippen LogP contribution in [0.15, 0.2) is 12.5 Å². The van der Waals surface area contributed by atoms with Gasteiger partial charge in [0.25, 0.3) is 0 Å². The SMILES string of the molecule is [2H]C([2H])(O)[C@H]1O[C@@H](n2cnc3cnc(N)nc32)C(F)(C#CCF)[C@H]1O. The number of rotatable bonds is 2. The van der Waals surface area contributed by atoms with E-state index in [1.165, 1.54) is 6.20 Å². The number of aromatic nitrogens is 4. The minimum atomic E-state index is -3.08. The van der Waals surface area contributed by atoms with Gasteiger partial charge >= 0.3 is 0 Å². The fourth-order valence-corrected chi connectivity index (χ4v) is 2.36. The van der Waals surface area contributed by atoms with Gasteiger partial charge in [0.1, 0.15) is 24.4 Å². The van der Waals surface area contributed by atoms with Gasteiger partial charge in [-0.25, -0.2) is 18.7 Å². The lowest BCUT2D eigenvalue weighted by Gasteiger charge is -2.23. The van der Waals surface area contributed by atoms with Crippen LogP contribution < -0.4 is 5.73 Å². The molecule has 0 radical (unpaired) electrons. The number of halogens is 2. The monoisotopic (exact) mass is 327 g/mol. The first-order valence-electron chi connectivity index (χ1n) is 7.44. The number of aliphatic hydroxyl groups excluding tert-OH is 1. The molecule has 1 saturated heterocycles. The molecule has 122 valence electrons. The van der Waals surface area contributed by atoms with E-state index in [-0.39, 0.29) is 17.1 Å². The van der Waals surface area contributed by atoms with Crippen LogP contribution >= 0.6 is 0 Å². The van der Waals surface area contributed by atoms with Gasteiger partial charge in [0.2, 0.25) is 11.6 Å². The quantitative estimate of drug-likeness (QED) is 0.626. The zero-order valence-electron chi connectivity index (χ0n) is 13.5. The number of nitrogen functional groups attached to an aromatic ring is 1. The van der Waals surface area contributed by atoms with E-state index in [2.05, 4.69) is 15.0 Å². The van der Waals surface area contributed by atoms with Crippen LogP contribution in [-0.2, 0) is 4.74 Å². The number of aliphatic hydroxyl groups is 2. The molecule has 10 heteroatoms. The van der Waals surface area contributed by atoms with E-state index >= 15 is 4.39 Å². The number of hydrogen-bond donors (Lipinski definition) is 3. The highest BCUT2D eigenvalue weighted by Gasteiger charge is 2.57. The van der Waals surface area contributed by atoms with Crippen molar-refractivity contribution in [3.63, 3.8) is 0 Å². The van der Waals surface area contributed by atoms with Crippen molar-refractivity contribution in [2.75, 3.05) is 19.0 Å². The average molecular weight is 327 g/mol. The van der Waals surface area contributed by atoms with Gasteiger partial charge in [0, 0.05) is 0 Å². The molecule has 0 spiro atoms. The van der Waals surface area contributed by atoms with E-state index in [4.69, 9.17) is 13.2 Å². The number of alkyl halides is 2. The normalized spacial score (nSPS) is 32.3. The molecule has 0 aliphatic carbocycles. The minimum absolute atomic E-state index is 0.0351. The Morgan fingerprint density at radius 1 is 1.57 bits per heavy atom. The Labute approximate surface area is 131 Å². The van der Waals surface area contributed by atoms with E-state index < -0.39 is 37.3 Å². The minimum Gasteiger partial charge on any atom is -0.394 e. The summed E-state index contributed by atoms with van der Waals surface area (Å²) >= 11 is 0. The Balaban J connectivity index is 2.15. The molecule has 1 fully saturated rings. The zero-order valence-corrected chi connectivity index (χ0v) is 11.5. The molecular weight excluding hydrogens is 312 g/mol. The fourth-order valence-electron chi connectivity index (χ4n) is 2.36. The number of imidazole rings is 1. The Morgan fingerprint density at radius 2 is 2.35 bits per heavy atom. The molecule has 4 atom stereocenters. The van der Waals surface area contributed by atoms with Crippen LogP contribution in [0, 0.1) is 11.8 Å². The molecule has 3 rings (SSSR count). The average Bonchev–Trinajstić information content (AvgIpc) is 3.05. The second-order valence-corrected chi connectivity index (χ2v) is 4.78. The van der Waals surface area contributed by atoms with Crippen LogP contribution in [0.5, 0.6) is 0 Å². The van der Waals surface area contributed by atoms with Crippen molar-refractivity contribution in [1.82, 2.24) is 19.5 Å². The summed E-state index contributed by atoms with van der Waals surface area (Å²) in [4.78, 5) is 11.6. The second-order valence-electron chi connectivity index (χ2n) is 4.78. The maximum atomic E-state index is 15.4. The number of ether oxygens (including phenoxy) is 1. The van der Waals surface area contributed by atoms with Crippen molar-refractivity contribution in [3.05, 3.63) is 12.5 Å². The molecule has 1 aliphatic rings. The molecule has 23 heavy (non-hydrogen) atoms. The van der Waals surface area contributed by atoms with Gasteiger partial charge in [0.15, 0.2) is 11.9 Å². The Morgan fingerprint density at radius 3 is 3.04 bits per heavy atom. The van der Waals surface area contributed by atoms with Gasteiger partial charge in [-0.3, -0.25) is 4.57 Å². The van der Waals surface area contributed by atoms with E-state index in [1.54, 1.807) is 0 Å². The summed E-state index contributed by atoms with van der Waals surface area (Å²) in [6, 6.07) is 0. The molecule has 0 saturated carbocycles. The molecule has 1 unspecified atom stereocenters. The lowest BCUT2D eigenvalue weighted by molar-refractivity contribution is -0.0504. The maximum Gasteiger partial charge on any atom is 0.243 e. The Hall–Kier alpha value is -2.35. The first-order chi connectivity index (χ1) is 11.7. The van der Waals surface area contributed by atoms with Gasteiger partial charge in [-0.1, -0.05) is 11.8 Å². The topological polar surface area (TPSA) is 119 Å². The van der Waals surface area contributed by atoms with Crippen molar-refractivity contribution in [1.29, 1.82) is 0 Å². The largest absolute Gasteiger partial charge is 0.394 e. The highest BCUT2D eigenvalue weighted by atomic mass is 19.1. The van der Waals surface area contributed by atoms with Crippen molar-refractivity contribution in [3.8, 4) is 11.8 Å². The van der Waals surface area contributed by atoms with Gasteiger partial charge in [-0.15, -0.1) is 0 Å². The lowest BCUT2D eigenvalue weighted by Crippen LogP contribution is -2.42. The molecule has 1 aliphatic heterocycles. The maximum absolute atomic E-state index is 15.4. The van der Waals surface area contributed by atoms with Crippen molar-refractivity contribution < 1.29 is 26.5 Å². The number of nitrogens with two attached hydrogens (primary N) is 1. The number of fused-ring (bicyclic) bond motifs is 1. The third-order valence-electron chi connectivity index (χ3n) is 3.41. The van der Waals surface area contributed by atoms with Gasteiger partial charge in [-0.2, -0.15) is 4.98 Å². The number of hydrogen-bond acceptors (Lipinski definition) is 7. The van der Waals surface area contributed by atoms with Crippen molar-refractivity contribution >= 4 is 17.1 Å². The molecule has 2 aromatic heterocycles. The van der Waals surface area contributed by atoms with Gasteiger partial charge in [0.05, 0.1) is 21.8 Å².